The molecule has 1 aliphatic rings. The molecule has 1 fully saturated rings. The SMILES string of the molecule is Cc1cc(S(=O)(=O)NCC2(C(=O)O)CCCCC2)c(C)s1. The highest BCUT2D eigenvalue weighted by Gasteiger charge is 2.40. The van der Waals surface area contributed by atoms with Crippen molar-refractivity contribution in [2.75, 3.05) is 6.54 Å². The van der Waals surface area contributed by atoms with Crippen LogP contribution in [0.3, 0.4) is 0 Å². The average molecular weight is 331 g/mol. The second kappa shape index (κ2) is 6.06. The highest BCUT2D eigenvalue weighted by molar-refractivity contribution is 7.89. The molecule has 0 spiro atoms. The fourth-order valence-electron chi connectivity index (χ4n) is 2.88. The molecule has 1 saturated carbocycles. The Bertz CT molecular complexity index is 627. The first-order valence-corrected chi connectivity index (χ1v) is 9.37. The van der Waals surface area contributed by atoms with Crippen molar-refractivity contribution in [2.24, 2.45) is 5.41 Å². The summed E-state index contributed by atoms with van der Waals surface area (Å²) >= 11 is 1.43. The van der Waals surface area contributed by atoms with E-state index in [9.17, 15) is 18.3 Å². The highest BCUT2D eigenvalue weighted by Crippen LogP contribution is 2.36. The van der Waals surface area contributed by atoms with Crippen molar-refractivity contribution in [1.29, 1.82) is 0 Å². The fraction of sp³-hybridized carbons (Fsp3) is 0.643. The van der Waals surface area contributed by atoms with E-state index in [1.807, 2.05) is 6.92 Å². The average Bonchev–Trinajstić information content (AvgIpc) is 2.77. The van der Waals surface area contributed by atoms with Crippen LogP contribution in [0.15, 0.2) is 11.0 Å². The van der Waals surface area contributed by atoms with E-state index in [2.05, 4.69) is 4.72 Å². The maximum atomic E-state index is 12.4. The Morgan fingerprint density at radius 2 is 1.95 bits per heavy atom. The van der Waals surface area contributed by atoms with Crippen molar-refractivity contribution < 1.29 is 18.3 Å². The van der Waals surface area contributed by atoms with Gasteiger partial charge in [0.05, 0.1) is 10.3 Å². The number of carboxylic acids is 1. The number of nitrogens with one attached hydrogen (secondary N) is 1. The van der Waals surface area contributed by atoms with Gasteiger partial charge in [-0.25, -0.2) is 13.1 Å². The van der Waals surface area contributed by atoms with Gasteiger partial charge in [0.2, 0.25) is 10.0 Å². The summed E-state index contributed by atoms with van der Waals surface area (Å²) in [4.78, 5) is 13.5. The van der Waals surface area contributed by atoms with E-state index in [4.69, 9.17) is 0 Å². The van der Waals surface area contributed by atoms with E-state index < -0.39 is 21.4 Å². The first-order chi connectivity index (χ1) is 9.77. The normalized spacial score (nSPS) is 18.6. The second-order valence-electron chi connectivity index (χ2n) is 5.75. The summed E-state index contributed by atoms with van der Waals surface area (Å²) in [6.07, 6.45) is 3.76. The van der Waals surface area contributed by atoms with E-state index in [0.717, 1.165) is 29.0 Å². The minimum absolute atomic E-state index is 0.0288. The Balaban J connectivity index is 2.17. The smallest absolute Gasteiger partial charge is 0.310 e. The third-order valence-corrected chi connectivity index (χ3v) is 6.77. The lowest BCUT2D eigenvalue weighted by Crippen LogP contribution is -2.44. The van der Waals surface area contributed by atoms with Crippen LogP contribution in [-0.4, -0.2) is 26.0 Å². The first kappa shape index (κ1) is 16.5. The summed E-state index contributed by atoms with van der Waals surface area (Å²) in [7, 11) is -3.64. The second-order valence-corrected chi connectivity index (χ2v) is 8.94. The van der Waals surface area contributed by atoms with Gasteiger partial charge in [0.1, 0.15) is 0 Å². The van der Waals surface area contributed by atoms with Gasteiger partial charge in [-0.15, -0.1) is 11.3 Å². The molecular formula is C14H21NO4S2. The van der Waals surface area contributed by atoms with Crippen molar-refractivity contribution in [3.8, 4) is 0 Å². The number of hydrogen-bond acceptors (Lipinski definition) is 4. The zero-order valence-electron chi connectivity index (χ0n) is 12.3. The Morgan fingerprint density at radius 1 is 1.33 bits per heavy atom. The molecule has 1 aromatic rings. The van der Waals surface area contributed by atoms with Crippen molar-refractivity contribution in [3.05, 3.63) is 15.8 Å². The van der Waals surface area contributed by atoms with Gasteiger partial charge in [-0.1, -0.05) is 19.3 Å². The van der Waals surface area contributed by atoms with Gasteiger partial charge < -0.3 is 5.11 Å². The molecule has 0 aliphatic heterocycles. The molecular weight excluding hydrogens is 310 g/mol. The molecule has 0 unspecified atom stereocenters. The molecule has 1 heterocycles. The lowest BCUT2D eigenvalue weighted by atomic mass is 9.74. The summed E-state index contributed by atoms with van der Waals surface area (Å²) in [5.74, 6) is -0.900. The maximum absolute atomic E-state index is 12.4. The van der Waals surface area contributed by atoms with E-state index >= 15 is 0 Å². The molecule has 0 bridgehead atoms. The molecule has 1 aromatic heterocycles. The zero-order chi connectivity index (χ0) is 15.7. The lowest BCUT2D eigenvalue weighted by molar-refractivity contribution is -0.150. The molecule has 2 rings (SSSR count). The van der Waals surface area contributed by atoms with Crippen LogP contribution in [0.2, 0.25) is 0 Å². The summed E-state index contributed by atoms with van der Waals surface area (Å²) in [5, 5.41) is 9.48. The first-order valence-electron chi connectivity index (χ1n) is 7.07. The fourth-order valence-corrected chi connectivity index (χ4v) is 5.56. The summed E-state index contributed by atoms with van der Waals surface area (Å²) in [5.41, 5.74) is -0.954. The Hall–Kier alpha value is -0.920. The summed E-state index contributed by atoms with van der Waals surface area (Å²) in [6, 6.07) is 1.64. The third kappa shape index (κ3) is 3.46. The van der Waals surface area contributed by atoms with E-state index in [-0.39, 0.29) is 11.4 Å². The molecule has 7 heteroatoms. The number of thiophene rings is 1. The van der Waals surface area contributed by atoms with E-state index in [0.29, 0.717) is 12.8 Å². The molecule has 21 heavy (non-hydrogen) atoms. The Morgan fingerprint density at radius 3 is 2.43 bits per heavy atom. The van der Waals surface area contributed by atoms with Gasteiger partial charge >= 0.3 is 5.97 Å². The van der Waals surface area contributed by atoms with Crippen LogP contribution in [0.5, 0.6) is 0 Å². The number of carboxylic acid groups (broad SMARTS) is 1. The van der Waals surface area contributed by atoms with Crippen molar-refractivity contribution in [2.45, 2.75) is 50.8 Å². The van der Waals surface area contributed by atoms with Crippen molar-refractivity contribution >= 4 is 27.3 Å². The topological polar surface area (TPSA) is 83.5 Å². The van der Waals surface area contributed by atoms with E-state index in [1.165, 1.54) is 11.3 Å². The predicted octanol–water partition coefficient (Wildman–Crippen LogP) is 2.68. The van der Waals surface area contributed by atoms with E-state index in [1.54, 1.807) is 13.0 Å². The zero-order valence-corrected chi connectivity index (χ0v) is 13.9. The monoisotopic (exact) mass is 331 g/mol. The summed E-state index contributed by atoms with van der Waals surface area (Å²) < 4.78 is 27.3. The maximum Gasteiger partial charge on any atom is 0.310 e. The number of aryl methyl sites for hydroxylation is 2. The van der Waals surface area contributed by atoms with Crippen LogP contribution in [-0.2, 0) is 14.8 Å². The number of hydrogen-bond donors (Lipinski definition) is 2. The Labute approximate surface area is 129 Å². The number of carbonyl (C=O) groups is 1. The third-order valence-electron chi connectivity index (χ3n) is 4.15. The molecule has 0 saturated heterocycles. The predicted molar refractivity (Wildman–Crippen MR) is 82.1 cm³/mol. The summed E-state index contributed by atoms with van der Waals surface area (Å²) in [6.45, 7) is 3.59. The van der Waals surface area contributed by atoms with Crippen LogP contribution in [0.25, 0.3) is 0 Å². The van der Waals surface area contributed by atoms with Gasteiger partial charge in [0, 0.05) is 16.3 Å². The highest BCUT2D eigenvalue weighted by atomic mass is 32.2. The lowest BCUT2D eigenvalue weighted by Gasteiger charge is -2.33. The largest absolute Gasteiger partial charge is 0.481 e. The molecule has 0 radical (unpaired) electrons. The number of rotatable bonds is 5. The molecule has 1 aliphatic carbocycles. The van der Waals surface area contributed by atoms with Crippen molar-refractivity contribution in [1.82, 2.24) is 4.72 Å². The molecule has 0 atom stereocenters. The van der Waals surface area contributed by atoms with Gasteiger partial charge in [-0.05, 0) is 32.8 Å². The molecule has 0 aromatic carbocycles. The molecule has 5 nitrogen and oxygen atoms in total. The molecule has 0 amide bonds. The van der Waals surface area contributed by atoms with Crippen LogP contribution in [0.4, 0.5) is 0 Å². The van der Waals surface area contributed by atoms with Gasteiger partial charge in [-0.2, -0.15) is 0 Å². The number of sulfonamides is 1. The van der Waals surface area contributed by atoms with Gasteiger partial charge in [-0.3, -0.25) is 4.79 Å². The van der Waals surface area contributed by atoms with Crippen LogP contribution in [0, 0.1) is 19.3 Å². The standard InChI is InChI=1S/C14H21NO4S2/c1-10-8-12(11(2)20-10)21(18,19)15-9-14(13(16)17)6-4-3-5-7-14/h8,15H,3-7,9H2,1-2H3,(H,16,17). The molecule has 2 N–H and O–H groups in total. The minimum Gasteiger partial charge on any atom is -0.481 e. The van der Waals surface area contributed by atoms with Crippen LogP contribution in [0.1, 0.15) is 41.9 Å². The minimum atomic E-state index is -3.64. The Kier molecular flexibility index (Phi) is 4.75. The molecule has 118 valence electrons. The van der Waals surface area contributed by atoms with Gasteiger partial charge in [0.25, 0.3) is 0 Å². The van der Waals surface area contributed by atoms with Crippen LogP contribution >= 0.6 is 11.3 Å². The van der Waals surface area contributed by atoms with Gasteiger partial charge in [0.15, 0.2) is 0 Å². The van der Waals surface area contributed by atoms with Crippen molar-refractivity contribution in [3.63, 3.8) is 0 Å². The number of aliphatic carboxylic acids is 1. The quantitative estimate of drug-likeness (QED) is 0.869. The van der Waals surface area contributed by atoms with Crippen LogP contribution < -0.4 is 4.72 Å².